The highest BCUT2D eigenvalue weighted by Crippen LogP contribution is 2.47. The van der Waals surface area contributed by atoms with Crippen LogP contribution in [-0.4, -0.2) is 48.2 Å². The van der Waals surface area contributed by atoms with Crippen molar-refractivity contribution in [2.75, 3.05) is 22.9 Å². The van der Waals surface area contributed by atoms with Gasteiger partial charge in [0.1, 0.15) is 16.8 Å². The highest BCUT2D eigenvalue weighted by Gasteiger charge is 2.48. The first-order valence-corrected chi connectivity index (χ1v) is 15.5. The van der Waals surface area contributed by atoms with Crippen LogP contribution in [0.3, 0.4) is 0 Å². The first-order valence-electron chi connectivity index (χ1n) is 12.2. The monoisotopic (exact) mass is 537 g/mol. The van der Waals surface area contributed by atoms with E-state index in [1.165, 1.54) is 4.90 Å². The summed E-state index contributed by atoms with van der Waals surface area (Å²) in [5, 5.41) is 0.253. The molecule has 196 valence electrons. The molecule has 0 radical (unpaired) electrons. The van der Waals surface area contributed by atoms with E-state index in [-0.39, 0.29) is 48.6 Å². The van der Waals surface area contributed by atoms with Crippen molar-refractivity contribution in [2.45, 2.75) is 83.5 Å². The lowest BCUT2D eigenvalue weighted by Gasteiger charge is -2.35. The third-order valence-corrected chi connectivity index (χ3v) is 12.4. The molecule has 0 atom stereocenters. The van der Waals surface area contributed by atoms with Crippen LogP contribution in [0.1, 0.15) is 58.8 Å². The molecule has 2 aromatic heterocycles. The molecular weight excluding hydrogens is 504 g/mol. The number of nitrogens with zero attached hydrogens (tertiary/aromatic N) is 5. The molecule has 0 saturated carbocycles. The molecule has 0 aromatic carbocycles. The second-order valence-electron chi connectivity index (χ2n) is 11.7. The standard InChI is InChI=1S/C25H34ClF2N5O2Si/c1-23(2,3)36(6,7)35-15-17-30-20(26)19-21(31-17)33(22(34)24(19,4)5)16-8-9-18(29-14-16)32-12-10-25(27,28)11-13-32/h8-9,14H,10-13,15H2,1-7H3. The molecule has 0 N–H and O–H groups in total. The van der Waals surface area contributed by atoms with Crippen LogP contribution in [0.5, 0.6) is 0 Å². The smallest absolute Gasteiger partial charge is 0.251 e. The Kier molecular flexibility index (Phi) is 6.71. The number of aromatic nitrogens is 3. The Bertz CT molecular complexity index is 1160. The lowest BCUT2D eigenvalue weighted by molar-refractivity contribution is -0.121. The van der Waals surface area contributed by atoms with Crippen LogP contribution in [0.4, 0.5) is 26.1 Å². The average molecular weight is 538 g/mol. The number of alkyl halides is 2. The summed E-state index contributed by atoms with van der Waals surface area (Å²) in [7, 11) is -2.05. The molecule has 1 fully saturated rings. The number of piperidine rings is 1. The van der Waals surface area contributed by atoms with E-state index in [0.717, 1.165) is 0 Å². The topological polar surface area (TPSA) is 71.5 Å². The van der Waals surface area contributed by atoms with Crippen molar-refractivity contribution < 1.29 is 18.0 Å². The SMILES string of the molecule is CC1(C)C(=O)N(c2ccc(N3CCC(F)(F)CC3)nc2)c2nc(CO[Si](C)(C)C(C)(C)C)nc(Cl)c21. The molecule has 0 spiro atoms. The predicted molar refractivity (Wildman–Crippen MR) is 140 cm³/mol. The number of pyridine rings is 1. The Balaban J connectivity index is 1.63. The van der Waals surface area contributed by atoms with E-state index >= 15 is 0 Å². The molecule has 7 nitrogen and oxygen atoms in total. The molecule has 4 rings (SSSR count). The van der Waals surface area contributed by atoms with Crippen LogP contribution < -0.4 is 9.80 Å². The van der Waals surface area contributed by atoms with Gasteiger partial charge in [-0.15, -0.1) is 0 Å². The summed E-state index contributed by atoms with van der Waals surface area (Å²) in [5.41, 5.74) is 0.166. The molecule has 1 amide bonds. The maximum atomic E-state index is 13.5. The van der Waals surface area contributed by atoms with Crippen molar-refractivity contribution in [2.24, 2.45) is 0 Å². The van der Waals surface area contributed by atoms with E-state index in [9.17, 15) is 13.6 Å². The Morgan fingerprint density at radius 1 is 1.14 bits per heavy atom. The van der Waals surface area contributed by atoms with Gasteiger partial charge in [-0.2, -0.15) is 0 Å². The molecule has 1 saturated heterocycles. The van der Waals surface area contributed by atoms with Crippen molar-refractivity contribution in [1.29, 1.82) is 0 Å². The second kappa shape index (κ2) is 8.99. The fourth-order valence-electron chi connectivity index (χ4n) is 4.17. The maximum Gasteiger partial charge on any atom is 0.251 e. The Hall–Kier alpha value is -2.17. The Morgan fingerprint density at radius 3 is 2.33 bits per heavy atom. The third-order valence-electron chi connectivity index (χ3n) is 7.64. The number of halogens is 3. The quantitative estimate of drug-likeness (QED) is 0.332. The first-order chi connectivity index (χ1) is 16.5. The van der Waals surface area contributed by atoms with E-state index < -0.39 is 19.7 Å². The van der Waals surface area contributed by atoms with Crippen molar-refractivity contribution in [3.8, 4) is 0 Å². The number of rotatable bonds is 5. The fraction of sp³-hybridized carbons (Fsp3) is 0.600. The molecule has 2 aromatic rings. The van der Waals surface area contributed by atoms with Crippen LogP contribution in [0.15, 0.2) is 18.3 Å². The van der Waals surface area contributed by atoms with E-state index in [0.29, 0.717) is 28.7 Å². The van der Waals surface area contributed by atoms with Gasteiger partial charge in [0.05, 0.1) is 23.9 Å². The van der Waals surface area contributed by atoms with Crippen LogP contribution in [0.2, 0.25) is 23.3 Å². The molecule has 2 aliphatic heterocycles. The van der Waals surface area contributed by atoms with Crippen molar-refractivity contribution in [1.82, 2.24) is 15.0 Å². The van der Waals surface area contributed by atoms with E-state index in [4.69, 9.17) is 21.0 Å². The highest BCUT2D eigenvalue weighted by atomic mass is 35.5. The summed E-state index contributed by atoms with van der Waals surface area (Å²) < 4.78 is 33.4. The van der Waals surface area contributed by atoms with Crippen LogP contribution in [-0.2, 0) is 21.2 Å². The summed E-state index contributed by atoms with van der Waals surface area (Å²) in [5.74, 6) is -1.38. The number of hydrogen-bond donors (Lipinski definition) is 0. The van der Waals surface area contributed by atoms with Gasteiger partial charge in [0.25, 0.3) is 5.92 Å². The van der Waals surface area contributed by atoms with Crippen molar-refractivity contribution in [3.05, 3.63) is 34.9 Å². The highest BCUT2D eigenvalue weighted by molar-refractivity contribution is 6.74. The van der Waals surface area contributed by atoms with E-state index in [1.54, 1.807) is 32.2 Å². The molecule has 11 heteroatoms. The van der Waals surface area contributed by atoms with Crippen LogP contribution >= 0.6 is 11.6 Å². The zero-order valence-corrected chi connectivity index (χ0v) is 23.7. The Labute approximate surface area is 217 Å². The molecule has 36 heavy (non-hydrogen) atoms. The molecule has 0 unspecified atom stereocenters. The molecule has 0 bridgehead atoms. The van der Waals surface area contributed by atoms with Gasteiger partial charge in [0.15, 0.2) is 14.1 Å². The van der Waals surface area contributed by atoms with Gasteiger partial charge >= 0.3 is 0 Å². The van der Waals surface area contributed by atoms with Gasteiger partial charge in [-0.05, 0) is 44.1 Å². The number of hydrogen-bond acceptors (Lipinski definition) is 6. The lowest BCUT2D eigenvalue weighted by Crippen LogP contribution is -2.40. The fourth-order valence-corrected chi connectivity index (χ4v) is 5.51. The maximum absolute atomic E-state index is 13.5. The molecule has 4 heterocycles. The summed E-state index contributed by atoms with van der Waals surface area (Å²) in [6.45, 7) is 15.0. The third kappa shape index (κ3) is 4.87. The first kappa shape index (κ1) is 26.9. The minimum atomic E-state index is -2.63. The van der Waals surface area contributed by atoms with E-state index in [2.05, 4.69) is 43.8 Å². The molecule has 0 aliphatic carbocycles. The minimum Gasteiger partial charge on any atom is -0.409 e. The number of carbonyl (C=O) groups excluding carboxylic acids is 1. The van der Waals surface area contributed by atoms with Gasteiger partial charge in [-0.1, -0.05) is 32.4 Å². The van der Waals surface area contributed by atoms with E-state index in [1.807, 2.05) is 4.90 Å². The molecular formula is C25H34ClF2N5O2Si. The number of fused-ring (bicyclic) bond motifs is 1. The minimum absolute atomic E-state index is 0.0230. The van der Waals surface area contributed by atoms with Crippen molar-refractivity contribution >= 4 is 43.1 Å². The summed E-state index contributed by atoms with van der Waals surface area (Å²) in [6, 6.07) is 3.52. The normalized spacial score (nSPS) is 19.6. The van der Waals surface area contributed by atoms with Crippen LogP contribution in [0, 0.1) is 0 Å². The summed E-state index contributed by atoms with van der Waals surface area (Å²) >= 11 is 6.61. The zero-order valence-electron chi connectivity index (χ0n) is 22.0. The van der Waals surface area contributed by atoms with Gasteiger partial charge in [0, 0.05) is 31.5 Å². The Morgan fingerprint density at radius 2 is 1.78 bits per heavy atom. The second-order valence-corrected chi connectivity index (χ2v) is 16.8. The van der Waals surface area contributed by atoms with Crippen LogP contribution in [0.25, 0.3) is 0 Å². The zero-order chi connectivity index (χ0) is 26.7. The number of amides is 1. The predicted octanol–water partition coefficient (Wildman–Crippen LogP) is 6.24. The number of carbonyl (C=O) groups is 1. The summed E-state index contributed by atoms with van der Waals surface area (Å²) in [6.07, 6.45) is 1.18. The van der Waals surface area contributed by atoms with Gasteiger partial charge in [-0.3, -0.25) is 9.69 Å². The van der Waals surface area contributed by atoms with Gasteiger partial charge in [0.2, 0.25) is 5.91 Å². The summed E-state index contributed by atoms with van der Waals surface area (Å²) in [4.78, 5) is 30.5. The lowest BCUT2D eigenvalue weighted by atomic mass is 9.88. The molecule has 2 aliphatic rings. The average Bonchev–Trinajstić information content (AvgIpc) is 2.97. The largest absolute Gasteiger partial charge is 0.409 e. The van der Waals surface area contributed by atoms with Crippen molar-refractivity contribution in [3.63, 3.8) is 0 Å². The van der Waals surface area contributed by atoms with Gasteiger partial charge < -0.3 is 9.33 Å². The number of anilines is 3. The van der Waals surface area contributed by atoms with Gasteiger partial charge in [-0.25, -0.2) is 23.7 Å².